The number of carbonyl (C=O) groups excluding carboxylic acids is 1. The second-order valence-corrected chi connectivity index (χ2v) is 6.04. The molecule has 1 heterocycles. The fraction of sp³-hybridized carbons (Fsp3) is 0.375. The van der Waals surface area contributed by atoms with Crippen LogP contribution in [0.5, 0.6) is 0 Å². The van der Waals surface area contributed by atoms with Crippen molar-refractivity contribution in [3.8, 4) is 0 Å². The summed E-state index contributed by atoms with van der Waals surface area (Å²) in [6, 6.07) is 6.96. The van der Waals surface area contributed by atoms with Crippen LogP contribution in [-0.2, 0) is 11.2 Å². The summed E-state index contributed by atoms with van der Waals surface area (Å²) in [5.74, 6) is -1.14. The first-order valence-corrected chi connectivity index (χ1v) is 6.67. The van der Waals surface area contributed by atoms with E-state index in [0.29, 0.717) is 6.42 Å². The summed E-state index contributed by atoms with van der Waals surface area (Å²) >= 11 is 0. The Morgan fingerprint density at radius 3 is 2.67 bits per heavy atom. The van der Waals surface area contributed by atoms with Crippen molar-refractivity contribution in [2.24, 2.45) is 10.4 Å². The van der Waals surface area contributed by atoms with Crippen LogP contribution in [0, 0.1) is 5.41 Å². The number of nitrogens with one attached hydrogen (secondary N) is 1. The molecule has 1 atom stereocenters. The third-order valence-corrected chi connectivity index (χ3v) is 3.00. The molecule has 0 aliphatic carbocycles. The molecule has 0 bridgehead atoms. The molecule has 106 valence electrons. The zero-order chi connectivity index (χ0) is 14.8. The molecule has 1 N–H and O–H groups in total. The molecule has 0 amide bonds. The quantitative estimate of drug-likeness (QED) is 0.577. The number of nitrogens with zero attached hydrogens (tertiary/aromatic N) is 1. The van der Waals surface area contributed by atoms with E-state index in [4.69, 9.17) is 0 Å². The topological polar surface area (TPSA) is 68.3 Å². The van der Waals surface area contributed by atoms with Gasteiger partial charge in [0.15, 0.2) is 0 Å². The van der Waals surface area contributed by atoms with Crippen molar-refractivity contribution in [2.45, 2.75) is 33.2 Å². The molecule has 21 heavy (non-hydrogen) atoms. The second kappa shape index (κ2) is 7.25. The van der Waals surface area contributed by atoms with Gasteiger partial charge in [-0.25, -0.2) is 0 Å². The van der Waals surface area contributed by atoms with Gasteiger partial charge in [0.05, 0.1) is 12.0 Å². The van der Waals surface area contributed by atoms with E-state index in [1.54, 1.807) is 6.21 Å². The summed E-state index contributed by atoms with van der Waals surface area (Å²) in [4.78, 5) is 18.6. The van der Waals surface area contributed by atoms with E-state index in [0.717, 1.165) is 16.5 Å². The Morgan fingerprint density at radius 2 is 2.05 bits per heavy atom. The van der Waals surface area contributed by atoms with Crippen molar-refractivity contribution in [2.75, 3.05) is 0 Å². The number of benzene rings is 1. The van der Waals surface area contributed by atoms with Gasteiger partial charge in [-0.05, 0) is 17.0 Å². The van der Waals surface area contributed by atoms with Crippen LogP contribution in [0.4, 0.5) is 0 Å². The van der Waals surface area contributed by atoms with Crippen molar-refractivity contribution in [1.82, 2.24) is 4.98 Å². The minimum absolute atomic E-state index is 0. The van der Waals surface area contributed by atoms with E-state index in [9.17, 15) is 9.90 Å². The Hall–Kier alpha value is -1.10. The van der Waals surface area contributed by atoms with Crippen LogP contribution >= 0.6 is 0 Å². The van der Waals surface area contributed by atoms with Crippen molar-refractivity contribution in [1.29, 1.82) is 0 Å². The van der Waals surface area contributed by atoms with Crippen molar-refractivity contribution < 1.29 is 39.5 Å². The van der Waals surface area contributed by atoms with Gasteiger partial charge in [0, 0.05) is 29.7 Å². The molecular weight excluding hydrogens is 275 g/mol. The number of aromatic amines is 1. The Labute approximate surface area is 147 Å². The number of rotatable bonds is 4. The molecule has 1 aromatic heterocycles. The molecule has 0 spiro atoms. The van der Waals surface area contributed by atoms with Crippen molar-refractivity contribution in [3.05, 3.63) is 36.0 Å². The molecular formula is C16H19N2NaO2. The van der Waals surface area contributed by atoms with Crippen LogP contribution in [0.15, 0.2) is 35.5 Å². The number of aliphatic imine (C=N–C) groups is 1. The molecule has 0 fully saturated rings. The van der Waals surface area contributed by atoms with Gasteiger partial charge in [-0.1, -0.05) is 39.0 Å². The third kappa shape index (κ3) is 4.99. The Kier molecular flexibility index (Phi) is 6.20. The van der Waals surface area contributed by atoms with Crippen LogP contribution in [-0.4, -0.2) is 23.2 Å². The number of carbonyl (C=O) groups is 1. The van der Waals surface area contributed by atoms with E-state index in [1.165, 1.54) is 0 Å². The number of carboxylic acids is 1. The maximum Gasteiger partial charge on any atom is 1.00 e. The van der Waals surface area contributed by atoms with Crippen molar-refractivity contribution in [3.63, 3.8) is 0 Å². The number of fused-ring (bicyclic) bond motifs is 1. The number of H-pyrrole nitrogens is 1. The molecule has 0 aliphatic heterocycles. The van der Waals surface area contributed by atoms with E-state index in [-0.39, 0.29) is 35.0 Å². The first-order chi connectivity index (χ1) is 9.37. The summed E-state index contributed by atoms with van der Waals surface area (Å²) in [5, 5.41) is 12.3. The Bertz CT molecular complexity index is 641. The monoisotopic (exact) mass is 294 g/mol. The van der Waals surface area contributed by atoms with Crippen LogP contribution < -0.4 is 34.7 Å². The van der Waals surface area contributed by atoms with Crippen molar-refractivity contribution >= 4 is 23.1 Å². The smallest absolute Gasteiger partial charge is 0.548 e. The number of carboxylic acid groups (broad SMARTS) is 1. The van der Waals surface area contributed by atoms with Crippen LogP contribution in [0.2, 0.25) is 0 Å². The fourth-order valence-corrected chi connectivity index (χ4v) is 2.02. The Morgan fingerprint density at radius 1 is 1.38 bits per heavy atom. The minimum atomic E-state index is -1.14. The summed E-state index contributed by atoms with van der Waals surface area (Å²) < 4.78 is 0. The number of aliphatic carboxylic acids is 1. The first-order valence-electron chi connectivity index (χ1n) is 6.67. The molecule has 2 rings (SSSR count). The molecule has 5 heteroatoms. The normalized spacial score (nSPS) is 13.3. The van der Waals surface area contributed by atoms with Crippen LogP contribution in [0.1, 0.15) is 26.3 Å². The molecule has 1 aromatic carbocycles. The average molecular weight is 294 g/mol. The average Bonchev–Trinajstić information content (AvgIpc) is 2.76. The summed E-state index contributed by atoms with van der Waals surface area (Å²) in [6.45, 7) is 5.94. The molecule has 0 aliphatic rings. The molecule has 0 saturated carbocycles. The number of hydrogen-bond donors (Lipinski definition) is 1. The summed E-state index contributed by atoms with van der Waals surface area (Å²) in [7, 11) is 0. The molecule has 0 radical (unpaired) electrons. The third-order valence-electron chi connectivity index (χ3n) is 3.00. The van der Waals surface area contributed by atoms with E-state index in [1.807, 2.05) is 51.2 Å². The zero-order valence-electron chi connectivity index (χ0n) is 13.0. The largest absolute Gasteiger partial charge is 1.00 e. The van der Waals surface area contributed by atoms with E-state index >= 15 is 0 Å². The zero-order valence-corrected chi connectivity index (χ0v) is 15.0. The van der Waals surface area contributed by atoms with Gasteiger partial charge in [-0.2, -0.15) is 0 Å². The predicted molar refractivity (Wildman–Crippen MR) is 78.7 cm³/mol. The maximum absolute atomic E-state index is 11.2. The number of aromatic nitrogens is 1. The van der Waals surface area contributed by atoms with Gasteiger partial charge in [0.1, 0.15) is 0 Å². The second-order valence-electron chi connectivity index (χ2n) is 6.04. The van der Waals surface area contributed by atoms with Gasteiger partial charge in [-0.15, -0.1) is 0 Å². The Balaban J connectivity index is 0.00000220. The molecule has 0 unspecified atom stereocenters. The van der Waals surface area contributed by atoms with Crippen LogP contribution in [0.25, 0.3) is 10.9 Å². The fourth-order valence-electron chi connectivity index (χ4n) is 2.02. The van der Waals surface area contributed by atoms with E-state index in [2.05, 4.69) is 9.98 Å². The SMILES string of the molecule is CC(C)(C)C=N[C@@H](Cc1c[nH]c2ccccc12)C(=O)[O-].[Na+]. The maximum atomic E-state index is 11.2. The van der Waals surface area contributed by atoms with Gasteiger partial charge in [0.25, 0.3) is 0 Å². The predicted octanol–water partition coefficient (Wildman–Crippen LogP) is -1.05. The molecule has 4 nitrogen and oxygen atoms in total. The standard InChI is InChI=1S/C16H20N2O2.Na/c1-16(2,3)10-18-14(15(19)20)8-11-9-17-13-7-5-4-6-12(11)13;/h4-7,9-10,14,17H,8H2,1-3H3,(H,19,20);/q;+1/p-1/t14-;/m0./s1. The van der Waals surface area contributed by atoms with Gasteiger partial charge >= 0.3 is 29.6 Å². The first kappa shape index (κ1) is 18.0. The molecule has 2 aromatic rings. The molecule has 0 saturated heterocycles. The van der Waals surface area contributed by atoms with Gasteiger partial charge < -0.3 is 14.9 Å². The van der Waals surface area contributed by atoms with Crippen LogP contribution in [0.3, 0.4) is 0 Å². The number of para-hydroxylation sites is 1. The summed E-state index contributed by atoms with van der Waals surface area (Å²) in [5.41, 5.74) is 1.80. The van der Waals surface area contributed by atoms with Gasteiger partial charge in [-0.3, -0.25) is 4.99 Å². The minimum Gasteiger partial charge on any atom is -0.548 e. The van der Waals surface area contributed by atoms with Gasteiger partial charge in [0.2, 0.25) is 0 Å². The number of hydrogen-bond acceptors (Lipinski definition) is 3. The van der Waals surface area contributed by atoms with E-state index < -0.39 is 12.0 Å². The summed E-state index contributed by atoms with van der Waals surface area (Å²) in [6.07, 6.45) is 3.86.